The van der Waals surface area contributed by atoms with Gasteiger partial charge in [-0.15, -0.1) is 0 Å². The zero-order chi connectivity index (χ0) is 23.6. The van der Waals surface area contributed by atoms with Gasteiger partial charge in [-0.2, -0.15) is 5.10 Å². The van der Waals surface area contributed by atoms with E-state index in [1.807, 2.05) is 11.6 Å². The molecule has 1 amide bonds. The van der Waals surface area contributed by atoms with Crippen LogP contribution in [-0.4, -0.2) is 53.6 Å². The predicted molar refractivity (Wildman–Crippen MR) is 118 cm³/mol. The van der Waals surface area contributed by atoms with Crippen LogP contribution in [0.3, 0.4) is 0 Å². The highest BCUT2D eigenvalue weighted by Gasteiger charge is 2.39. The summed E-state index contributed by atoms with van der Waals surface area (Å²) >= 11 is 0. The number of aryl methyl sites for hydroxylation is 2. The number of fused-ring (bicyclic) bond motifs is 1. The summed E-state index contributed by atoms with van der Waals surface area (Å²) in [5.41, 5.74) is 2.31. The van der Waals surface area contributed by atoms with Gasteiger partial charge in [0.25, 0.3) is 5.91 Å². The van der Waals surface area contributed by atoms with Crippen LogP contribution in [0, 0.1) is 11.2 Å². The molecular weight excluding hydrogens is 429 g/mol. The molecule has 33 heavy (non-hydrogen) atoms. The number of rotatable bonds is 7. The summed E-state index contributed by atoms with van der Waals surface area (Å²) in [5.74, 6) is -1.89. The second-order valence-electron chi connectivity index (χ2n) is 8.83. The lowest BCUT2D eigenvalue weighted by molar-refractivity contribution is 0.0152. The summed E-state index contributed by atoms with van der Waals surface area (Å²) in [6, 6.07) is 2.70. The van der Waals surface area contributed by atoms with Crippen LogP contribution < -0.4 is 10.1 Å². The van der Waals surface area contributed by atoms with E-state index in [2.05, 4.69) is 5.32 Å². The van der Waals surface area contributed by atoms with Crippen LogP contribution in [0.25, 0.3) is 0 Å². The van der Waals surface area contributed by atoms with Gasteiger partial charge in [0.05, 0.1) is 29.6 Å². The predicted octanol–water partition coefficient (Wildman–Crippen LogP) is 3.01. The summed E-state index contributed by atoms with van der Waals surface area (Å²) in [5, 5.41) is 17.3. The van der Waals surface area contributed by atoms with Gasteiger partial charge in [0, 0.05) is 31.9 Å². The zero-order valence-corrected chi connectivity index (χ0v) is 19.1. The van der Waals surface area contributed by atoms with E-state index in [1.54, 1.807) is 0 Å². The fraction of sp³-hybridized carbons (Fsp3) is 0.542. The topological polar surface area (TPSA) is 103 Å². The Morgan fingerprint density at radius 2 is 2.12 bits per heavy atom. The van der Waals surface area contributed by atoms with Crippen LogP contribution in [0.1, 0.15) is 63.9 Å². The molecule has 8 nitrogen and oxygen atoms in total. The lowest BCUT2D eigenvalue weighted by Gasteiger charge is -2.36. The number of benzene rings is 1. The summed E-state index contributed by atoms with van der Waals surface area (Å²) in [6.07, 6.45) is 3.79. The number of aromatic carboxylic acids is 1. The molecule has 0 saturated carbocycles. The van der Waals surface area contributed by atoms with Crippen molar-refractivity contribution in [3.05, 3.63) is 46.0 Å². The van der Waals surface area contributed by atoms with Crippen molar-refractivity contribution in [2.24, 2.45) is 5.41 Å². The Labute approximate surface area is 192 Å². The Hall–Kier alpha value is -2.94. The molecule has 0 bridgehead atoms. The molecule has 178 valence electrons. The van der Waals surface area contributed by atoms with E-state index in [4.69, 9.17) is 14.6 Å². The van der Waals surface area contributed by atoms with Gasteiger partial charge in [0.15, 0.2) is 11.6 Å². The molecule has 1 aromatic heterocycles. The molecule has 0 radical (unpaired) electrons. The molecule has 0 unspecified atom stereocenters. The molecule has 1 aromatic carbocycles. The number of methoxy groups -OCH3 is 1. The van der Waals surface area contributed by atoms with Crippen LogP contribution in [0.15, 0.2) is 12.1 Å². The van der Waals surface area contributed by atoms with Crippen LogP contribution in [0.2, 0.25) is 0 Å². The first kappa shape index (κ1) is 23.2. The SMILES string of the molecule is CCc1nn(CCCc2c(C(=O)O)ccc(OC)c2F)c2c1C(=O)NCC1(CCOCC1)C2. The lowest BCUT2D eigenvalue weighted by atomic mass is 9.76. The molecule has 0 atom stereocenters. The maximum Gasteiger partial charge on any atom is 0.336 e. The van der Waals surface area contributed by atoms with Gasteiger partial charge in [-0.05, 0) is 56.1 Å². The first-order valence-corrected chi connectivity index (χ1v) is 11.4. The number of aromatic nitrogens is 2. The highest BCUT2D eigenvalue weighted by molar-refractivity contribution is 5.97. The van der Waals surface area contributed by atoms with Crippen molar-refractivity contribution in [2.45, 2.75) is 52.0 Å². The number of hydrogen-bond acceptors (Lipinski definition) is 5. The fourth-order valence-electron chi connectivity index (χ4n) is 4.97. The molecule has 0 aliphatic carbocycles. The van der Waals surface area contributed by atoms with Crippen molar-refractivity contribution in [2.75, 3.05) is 26.9 Å². The van der Waals surface area contributed by atoms with Gasteiger partial charge < -0.3 is 19.9 Å². The van der Waals surface area contributed by atoms with E-state index in [0.717, 1.165) is 30.7 Å². The zero-order valence-electron chi connectivity index (χ0n) is 19.1. The van der Waals surface area contributed by atoms with Gasteiger partial charge in [-0.25, -0.2) is 9.18 Å². The standard InChI is InChI=1S/C24H30FN3O5/c1-3-17-20-18(13-24(14-26-22(20)29)8-11-33-12-9-24)28(27-17)10-4-5-15-16(23(30)31)6-7-19(32-2)21(15)25/h6-7H,3-5,8-14H2,1-2H3,(H,26,29)(H,30,31). The van der Waals surface area contributed by atoms with E-state index < -0.39 is 11.8 Å². The molecule has 9 heteroatoms. The third-order valence-electron chi connectivity index (χ3n) is 6.87. The number of nitrogens with one attached hydrogen (secondary N) is 1. The van der Waals surface area contributed by atoms with Gasteiger partial charge in [-0.3, -0.25) is 9.48 Å². The second-order valence-corrected chi connectivity index (χ2v) is 8.83. The number of carboxylic acid groups (broad SMARTS) is 1. The van der Waals surface area contributed by atoms with Crippen molar-refractivity contribution in [1.82, 2.24) is 15.1 Å². The Balaban J connectivity index is 1.61. The molecule has 1 spiro atoms. The van der Waals surface area contributed by atoms with Crippen molar-refractivity contribution < 1.29 is 28.6 Å². The quantitative estimate of drug-likeness (QED) is 0.660. The Morgan fingerprint density at radius 1 is 1.36 bits per heavy atom. The fourth-order valence-corrected chi connectivity index (χ4v) is 4.97. The van der Waals surface area contributed by atoms with E-state index in [9.17, 15) is 19.1 Å². The van der Waals surface area contributed by atoms with Crippen LogP contribution in [-0.2, 0) is 30.5 Å². The van der Waals surface area contributed by atoms with Gasteiger partial charge in [0.2, 0.25) is 0 Å². The number of hydrogen-bond donors (Lipinski definition) is 2. The first-order valence-electron chi connectivity index (χ1n) is 11.4. The molecular formula is C24H30FN3O5. The minimum atomic E-state index is -1.18. The third-order valence-corrected chi connectivity index (χ3v) is 6.87. The summed E-state index contributed by atoms with van der Waals surface area (Å²) in [6.45, 7) is 4.39. The number of nitrogens with zero attached hydrogens (tertiary/aromatic N) is 2. The molecule has 2 aliphatic heterocycles. The largest absolute Gasteiger partial charge is 0.494 e. The highest BCUT2D eigenvalue weighted by atomic mass is 19.1. The van der Waals surface area contributed by atoms with Crippen molar-refractivity contribution >= 4 is 11.9 Å². The average molecular weight is 460 g/mol. The van der Waals surface area contributed by atoms with Crippen molar-refractivity contribution in [3.63, 3.8) is 0 Å². The average Bonchev–Trinajstić information content (AvgIpc) is 3.08. The molecule has 4 rings (SSSR count). The molecule has 1 saturated heterocycles. The van der Waals surface area contributed by atoms with Gasteiger partial charge in [0.1, 0.15) is 0 Å². The summed E-state index contributed by atoms with van der Waals surface area (Å²) in [7, 11) is 1.35. The maximum absolute atomic E-state index is 14.8. The number of carbonyl (C=O) groups is 2. The third kappa shape index (κ3) is 4.46. The van der Waals surface area contributed by atoms with Gasteiger partial charge in [-0.1, -0.05) is 6.92 Å². The van der Waals surface area contributed by atoms with E-state index >= 15 is 0 Å². The number of amides is 1. The Morgan fingerprint density at radius 3 is 2.79 bits per heavy atom. The monoisotopic (exact) mass is 459 g/mol. The van der Waals surface area contributed by atoms with Crippen molar-refractivity contribution in [1.29, 1.82) is 0 Å². The van der Waals surface area contributed by atoms with E-state index in [-0.39, 0.29) is 34.6 Å². The smallest absolute Gasteiger partial charge is 0.336 e. The minimum Gasteiger partial charge on any atom is -0.494 e. The van der Waals surface area contributed by atoms with Gasteiger partial charge >= 0.3 is 5.97 Å². The normalized spacial score (nSPS) is 17.4. The summed E-state index contributed by atoms with van der Waals surface area (Å²) in [4.78, 5) is 24.5. The first-order chi connectivity index (χ1) is 15.9. The number of carbonyl (C=O) groups excluding carboxylic acids is 1. The number of ether oxygens (including phenoxy) is 2. The molecule has 2 N–H and O–H groups in total. The molecule has 1 fully saturated rings. The van der Waals surface area contributed by atoms with Crippen LogP contribution in [0.4, 0.5) is 4.39 Å². The van der Waals surface area contributed by atoms with Crippen molar-refractivity contribution in [3.8, 4) is 5.75 Å². The molecule has 3 heterocycles. The minimum absolute atomic E-state index is 0.0226. The van der Waals surface area contributed by atoms with Crippen LogP contribution in [0.5, 0.6) is 5.75 Å². The Bertz CT molecular complexity index is 1060. The molecule has 2 aliphatic rings. The Kier molecular flexibility index (Phi) is 6.69. The summed E-state index contributed by atoms with van der Waals surface area (Å²) < 4.78 is 27.3. The number of carboxylic acids is 1. The maximum atomic E-state index is 14.8. The van der Waals surface area contributed by atoms with E-state index in [1.165, 1.54) is 19.2 Å². The highest BCUT2D eigenvalue weighted by Crippen LogP contribution is 2.37. The lowest BCUT2D eigenvalue weighted by Crippen LogP contribution is -2.40. The molecule has 2 aromatic rings. The second kappa shape index (κ2) is 9.51. The number of halogens is 1. The van der Waals surface area contributed by atoms with E-state index in [0.29, 0.717) is 44.7 Å². The van der Waals surface area contributed by atoms with Crippen LogP contribution >= 0.6 is 0 Å².